The molecule has 0 bridgehead atoms. The summed E-state index contributed by atoms with van der Waals surface area (Å²) in [4.78, 5) is 0.258. The van der Waals surface area contributed by atoms with Gasteiger partial charge in [0.2, 0.25) is 10.0 Å². The molecule has 0 aromatic carbocycles. The monoisotopic (exact) mass is 282 g/mol. The Morgan fingerprint density at radius 3 is 2.58 bits per heavy atom. The van der Waals surface area contributed by atoms with E-state index in [1.807, 2.05) is 29.1 Å². The molecule has 0 aliphatic rings. The molecular weight excluding hydrogens is 264 g/mol. The van der Waals surface area contributed by atoms with E-state index in [-0.39, 0.29) is 4.90 Å². The van der Waals surface area contributed by atoms with E-state index in [1.165, 1.54) is 0 Å². The first-order chi connectivity index (χ1) is 9.00. The summed E-state index contributed by atoms with van der Waals surface area (Å²) in [6, 6.07) is 3.89. The second-order valence-corrected chi connectivity index (χ2v) is 6.14. The molecule has 0 atom stereocenters. The van der Waals surface area contributed by atoms with Crippen LogP contribution < -0.4 is 4.72 Å². The first-order valence-electron chi connectivity index (χ1n) is 6.12. The lowest BCUT2D eigenvalue weighted by atomic mass is 10.4. The highest BCUT2D eigenvalue weighted by molar-refractivity contribution is 7.89. The number of sulfonamides is 1. The molecule has 6 nitrogen and oxygen atoms in total. The predicted molar refractivity (Wildman–Crippen MR) is 72.3 cm³/mol. The van der Waals surface area contributed by atoms with Crippen molar-refractivity contribution in [2.75, 3.05) is 6.54 Å². The van der Waals surface area contributed by atoms with E-state index in [2.05, 4.69) is 14.9 Å². The molecule has 2 N–H and O–H groups in total. The number of hydrogen-bond acceptors (Lipinski definition) is 3. The van der Waals surface area contributed by atoms with Gasteiger partial charge in [0.1, 0.15) is 4.90 Å². The van der Waals surface area contributed by atoms with Crippen molar-refractivity contribution in [3.05, 3.63) is 35.9 Å². The van der Waals surface area contributed by atoms with Crippen molar-refractivity contribution in [1.82, 2.24) is 19.5 Å². The molecule has 0 fully saturated rings. The Kier molecular flexibility index (Phi) is 4.06. The highest BCUT2D eigenvalue weighted by Crippen LogP contribution is 2.15. The van der Waals surface area contributed by atoms with Gasteiger partial charge in [-0.3, -0.25) is 5.10 Å². The second kappa shape index (κ2) is 5.58. The number of H-pyrrole nitrogens is 1. The Balaban J connectivity index is 1.92. The maximum absolute atomic E-state index is 12.1. The molecule has 0 unspecified atom stereocenters. The molecule has 2 heterocycles. The lowest BCUT2D eigenvalue weighted by Gasteiger charge is -2.07. The van der Waals surface area contributed by atoms with Gasteiger partial charge >= 0.3 is 0 Å². The molecule has 0 saturated heterocycles. The third-order valence-electron chi connectivity index (χ3n) is 2.88. The highest BCUT2D eigenvalue weighted by atomic mass is 32.2. The Labute approximate surface area is 112 Å². The van der Waals surface area contributed by atoms with Gasteiger partial charge in [-0.1, -0.05) is 0 Å². The molecule has 0 aliphatic carbocycles. The molecule has 0 aliphatic heterocycles. The number of nitrogens with one attached hydrogen (secondary N) is 2. The van der Waals surface area contributed by atoms with E-state index in [0.717, 1.165) is 13.0 Å². The largest absolute Gasteiger partial charge is 0.354 e. The van der Waals surface area contributed by atoms with Gasteiger partial charge in [-0.2, -0.15) is 5.10 Å². The van der Waals surface area contributed by atoms with Crippen molar-refractivity contribution in [2.24, 2.45) is 0 Å². The molecule has 0 saturated carbocycles. The third-order valence-corrected chi connectivity index (χ3v) is 4.60. The fourth-order valence-corrected chi connectivity index (χ4v) is 3.44. The summed E-state index contributed by atoms with van der Waals surface area (Å²) < 4.78 is 28.9. The molecule has 7 heteroatoms. The van der Waals surface area contributed by atoms with E-state index in [4.69, 9.17) is 0 Å². The molecule has 0 spiro atoms. The van der Waals surface area contributed by atoms with E-state index >= 15 is 0 Å². The maximum Gasteiger partial charge on any atom is 0.244 e. The molecule has 2 aromatic heterocycles. The van der Waals surface area contributed by atoms with Gasteiger partial charge in [-0.25, -0.2) is 13.1 Å². The zero-order valence-electron chi connectivity index (χ0n) is 11.0. The molecule has 0 amide bonds. The van der Waals surface area contributed by atoms with Crippen LogP contribution in [0.25, 0.3) is 0 Å². The number of aryl methyl sites for hydroxylation is 3. The van der Waals surface area contributed by atoms with Crippen LogP contribution in [0.15, 0.2) is 29.4 Å². The van der Waals surface area contributed by atoms with Crippen molar-refractivity contribution >= 4 is 10.0 Å². The lowest BCUT2D eigenvalue weighted by Crippen LogP contribution is -2.26. The van der Waals surface area contributed by atoms with Gasteiger partial charge in [0.25, 0.3) is 0 Å². The number of nitrogens with zero attached hydrogens (tertiary/aromatic N) is 2. The second-order valence-electron chi connectivity index (χ2n) is 4.44. The summed E-state index contributed by atoms with van der Waals surface area (Å²) in [5.41, 5.74) is 1.06. The van der Waals surface area contributed by atoms with Gasteiger partial charge in [0.05, 0.1) is 11.4 Å². The normalized spacial score (nSPS) is 11.9. The van der Waals surface area contributed by atoms with Crippen molar-refractivity contribution in [3.63, 3.8) is 0 Å². The van der Waals surface area contributed by atoms with Crippen LogP contribution in [0.4, 0.5) is 0 Å². The van der Waals surface area contributed by atoms with Crippen molar-refractivity contribution in [1.29, 1.82) is 0 Å². The maximum atomic E-state index is 12.1. The molecule has 19 heavy (non-hydrogen) atoms. The van der Waals surface area contributed by atoms with Crippen LogP contribution in [-0.2, 0) is 16.6 Å². The van der Waals surface area contributed by atoms with Gasteiger partial charge < -0.3 is 4.57 Å². The zero-order valence-corrected chi connectivity index (χ0v) is 11.9. The van der Waals surface area contributed by atoms with Crippen LogP contribution in [0.3, 0.4) is 0 Å². The minimum atomic E-state index is -3.47. The van der Waals surface area contributed by atoms with E-state index in [9.17, 15) is 8.42 Å². The quantitative estimate of drug-likeness (QED) is 0.781. The summed E-state index contributed by atoms with van der Waals surface area (Å²) in [7, 11) is -3.47. The van der Waals surface area contributed by atoms with Crippen LogP contribution in [0.2, 0.25) is 0 Å². The van der Waals surface area contributed by atoms with Crippen LogP contribution in [0.1, 0.15) is 17.8 Å². The molecular formula is C12H18N4O2S. The van der Waals surface area contributed by atoms with Gasteiger partial charge in [-0.15, -0.1) is 0 Å². The zero-order chi connectivity index (χ0) is 13.9. The van der Waals surface area contributed by atoms with Crippen LogP contribution >= 0.6 is 0 Å². The van der Waals surface area contributed by atoms with Crippen molar-refractivity contribution < 1.29 is 8.42 Å². The lowest BCUT2D eigenvalue weighted by molar-refractivity contribution is 0.569. The van der Waals surface area contributed by atoms with E-state index in [0.29, 0.717) is 17.9 Å². The number of aromatic amines is 1. The molecule has 104 valence electrons. The highest BCUT2D eigenvalue weighted by Gasteiger charge is 2.21. The molecule has 2 rings (SSSR count). The van der Waals surface area contributed by atoms with Crippen LogP contribution in [0.5, 0.6) is 0 Å². The minimum Gasteiger partial charge on any atom is -0.354 e. The first-order valence-corrected chi connectivity index (χ1v) is 7.61. The molecule has 0 radical (unpaired) electrons. The topological polar surface area (TPSA) is 79.8 Å². The van der Waals surface area contributed by atoms with Gasteiger partial charge in [-0.05, 0) is 32.4 Å². The van der Waals surface area contributed by atoms with Gasteiger partial charge in [0.15, 0.2) is 0 Å². The predicted octanol–water partition coefficient (Wildman–Crippen LogP) is 1.20. The average Bonchev–Trinajstić information content (AvgIpc) is 2.95. The average molecular weight is 282 g/mol. The fourth-order valence-electron chi connectivity index (χ4n) is 2.00. The molecule has 2 aromatic rings. The summed E-state index contributed by atoms with van der Waals surface area (Å²) in [5, 5.41) is 6.59. The number of hydrogen-bond donors (Lipinski definition) is 2. The van der Waals surface area contributed by atoms with Crippen LogP contribution in [-0.4, -0.2) is 29.7 Å². The van der Waals surface area contributed by atoms with E-state index < -0.39 is 10.0 Å². The van der Waals surface area contributed by atoms with E-state index in [1.54, 1.807) is 13.8 Å². The fraction of sp³-hybridized carbons (Fsp3) is 0.417. The Morgan fingerprint density at radius 1 is 1.32 bits per heavy atom. The SMILES string of the molecule is Cc1n[nH]c(C)c1S(=O)(=O)NCCCn1cccc1. The third kappa shape index (κ3) is 3.24. The number of aromatic nitrogens is 3. The van der Waals surface area contributed by atoms with Crippen molar-refractivity contribution in [2.45, 2.75) is 31.7 Å². The standard InChI is InChI=1S/C12H18N4O2S/c1-10-12(11(2)15-14-10)19(17,18)13-6-5-9-16-7-3-4-8-16/h3-4,7-8,13H,5-6,9H2,1-2H3,(H,14,15). The summed E-state index contributed by atoms with van der Waals surface area (Å²) in [5.74, 6) is 0. The Morgan fingerprint density at radius 2 is 2.00 bits per heavy atom. The Bertz CT molecular complexity index is 609. The Hall–Kier alpha value is -1.60. The minimum absolute atomic E-state index is 0.258. The summed E-state index contributed by atoms with van der Waals surface area (Å²) >= 11 is 0. The number of rotatable bonds is 6. The van der Waals surface area contributed by atoms with Crippen molar-refractivity contribution in [3.8, 4) is 0 Å². The van der Waals surface area contributed by atoms with Gasteiger partial charge in [0, 0.05) is 25.5 Å². The summed E-state index contributed by atoms with van der Waals surface area (Å²) in [6.45, 7) is 4.58. The summed E-state index contributed by atoms with van der Waals surface area (Å²) in [6.07, 6.45) is 4.65. The first kappa shape index (κ1) is 13.8. The smallest absolute Gasteiger partial charge is 0.244 e. The van der Waals surface area contributed by atoms with Crippen LogP contribution in [0, 0.1) is 13.8 Å².